The van der Waals surface area contributed by atoms with Gasteiger partial charge in [0.2, 0.25) is 5.43 Å². The molecule has 108 valence electrons. The zero-order valence-electron chi connectivity index (χ0n) is 11.0. The number of carbonyl (C=O) groups excluding carboxylic acids is 1. The molecule has 1 saturated heterocycles. The molecule has 2 aliphatic heterocycles. The van der Waals surface area contributed by atoms with Crippen molar-refractivity contribution in [3.05, 3.63) is 28.2 Å². The number of nitrogens with zero attached hydrogens (tertiary/aromatic N) is 2. The first-order chi connectivity index (χ1) is 9.66. The molecule has 1 aromatic rings. The predicted molar refractivity (Wildman–Crippen MR) is 71.2 cm³/mol. The van der Waals surface area contributed by atoms with Gasteiger partial charge in [-0.1, -0.05) is 0 Å². The lowest BCUT2D eigenvalue weighted by atomic mass is 9.99. The van der Waals surface area contributed by atoms with E-state index in [1.165, 1.54) is 16.9 Å². The summed E-state index contributed by atoms with van der Waals surface area (Å²) < 4.78 is 6.70. The third kappa shape index (κ3) is 2.24. The fourth-order valence-corrected chi connectivity index (χ4v) is 2.63. The van der Waals surface area contributed by atoms with Gasteiger partial charge in [-0.3, -0.25) is 14.3 Å². The van der Waals surface area contributed by atoms with Crippen molar-refractivity contribution in [1.29, 1.82) is 0 Å². The maximum atomic E-state index is 12.4. The highest BCUT2D eigenvalue weighted by Crippen LogP contribution is 2.21. The molecule has 2 N–H and O–H groups in total. The van der Waals surface area contributed by atoms with Gasteiger partial charge < -0.3 is 20.2 Å². The van der Waals surface area contributed by atoms with Crippen LogP contribution >= 0.6 is 0 Å². The lowest BCUT2D eigenvalue weighted by Gasteiger charge is -2.34. The van der Waals surface area contributed by atoms with E-state index >= 15 is 0 Å². The molecule has 0 unspecified atom stereocenters. The summed E-state index contributed by atoms with van der Waals surface area (Å²) in [5.74, 6) is -0.411. The highest BCUT2D eigenvalue weighted by molar-refractivity contribution is 5.96. The van der Waals surface area contributed by atoms with Crippen LogP contribution in [0, 0.1) is 5.92 Å². The predicted octanol–water partition coefficient (Wildman–Crippen LogP) is -0.0627. The minimum absolute atomic E-state index is 0.0100. The molecule has 7 nitrogen and oxygen atoms in total. The molecule has 7 heteroatoms. The molecule has 1 aromatic heterocycles. The molecule has 0 aromatic carbocycles. The summed E-state index contributed by atoms with van der Waals surface area (Å²) in [6, 6.07) is 1.23. The SMILES string of the molecule is O=C1c2c(O)c(=O)ccn2NCN1CC1CCOCC1. The zero-order chi connectivity index (χ0) is 14.1. The fraction of sp³-hybridized carbons (Fsp3) is 0.538. The second-order valence-electron chi connectivity index (χ2n) is 5.15. The molecule has 0 spiro atoms. The van der Waals surface area contributed by atoms with Crippen molar-refractivity contribution in [2.75, 3.05) is 31.9 Å². The van der Waals surface area contributed by atoms with E-state index in [2.05, 4.69) is 5.43 Å². The lowest BCUT2D eigenvalue weighted by Crippen LogP contribution is -2.48. The molecular weight excluding hydrogens is 262 g/mol. The normalized spacial score (nSPS) is 19.6. The van der Waals surface area contributed by atoms with Crippen LogP contribution in [0.1, 0.15) is 23.3 Å². The number of ether oxygens (including phenoxy) is 1. The van der Waals surface area contributed by atoms with Crippen molar-refractivity contribution < 1.29 is 14.6 Å². The number of rotatable bonds is 2. The summed E-state index contributed by atoms with van der Waals surface area (Å²) >= 11 is 0. The van der Waals surface area contributed by atoms with Gasteiger partial charge in [0, 0.05) is 32.0 Å². The van der Waals surface area contributed by atoms with E-state index in [0.29, 0.717) is 19.1 Å². The van der Waals surface area contributed by atoms with E-state index < -0.39 is 11.2 Å². The average Bonchev–Trinajstić information content (AvgIpc) is 2.47. The Labute approximate surface area is 115 Å². The van der Waals surface area contributed by atoms with Gasteiger partial charge in [-0.05, 0) is 18.8 Å². The lowest BCUT2D eigenvalue weighted by molar-refractivity contribution is 0.0442. The van der Waals surface area contributed by atoms with Crippen molar-refractivity contribution in [3.63, 3.8) is 0 Å². The number of carbonyl (C=O) groups is 1. The summed E-state index contributed by atoms with van der Waals surface area (Å²) in [5.41, 5.74) is 2.46. The van der Waals surface area contributed by atoms with Crippen LogP contribution < -0.4 is 10.9 Å². The molecule has 0 aliphatic carbocycles. The van der Waals surface area contributed by atoms with Crippen LogP contribution in [0.2, 0.25) is 0 Å². The Balaban J connectivity index is 1.81. The number of amides is 1. The molecule has 1 amide bonds. The van der Waals surface area contributed by atoms with E-state index in [0.717, 1.165) is 26.1 Å². The van der Waals surface area contributed by atoms with E-state index in [-0.39, 0.29) is 11.6 Å². The Hall–Kier alpha value is -2.02. The van der Waals surface area contributed by atoms with Crippen molar-refractivity contribution >= 4 is 5.91 Å². The maximum absolute atomic E-state index is 12.4. The molecule has 0 saturated carbocycles. The van der Waals surface area contributed by atoms with Crippen LogP contribution in [-0.4, -0.2) is 47.0 Å². The minimum Gasteiger partial charge on any atom is -0.502 e. The molecule has 3 rings (SSSR count). The van der Waals surface area contributed by atoms with E-state index in [1.807, 2.05) is 0 Å². The van der Waals surface area contributed by atoms with Gasteiger partial charge in [-0.2, -0.15) is 0 Å². The molecule has 20 heavy (non-hydrogen) atoms. The highest BCUT2D eigenvalue weighted by atomic mass is 16.5. The number of aromatic nitrogens is 1. The second kappa shape index (κ2) is 5.16. The Morgan fingerprint density at radius 2 is 2.10 bits per heavy atom. The number of aromatic hydroxyl groups is 1. The van der Waals surface area contributed by atoms with Gasteiger partial charge >= 0.3 is 0 Å². The third-order valence-corrected chi connectivity index (χ3v) is 3.81. The van der Waals surface area contributed by atoms with Crippen LogP contribution in [0.5, 0.6) is 5.75 Å². The second-order valence-corrected chi connectivity index (χ2v) is 5.15. The Bertz CT molecular complexity index is 577. The Morgan fingerprint density at radius 3 is 2.85 bits per heavy atom. The van der Waals surface area contributed by atoms with Gasteiger partial charge in [0.1, 0.15) is 6.67 Å². The number of nitrogens with one attached hydrogen (secondary N) is 1. The zero-order valence-corrected chi connectivity index (χ0v) is 11.0. The average molecular weight is 279 g/mol. The smallest absolute Gasteiger partial charge is 0.277 e. The van der Waals surface area contributed by atoms with Crippen LogP contribution in [-0.2, 0) is 4.74 Å². The molecule has 0 bridgehead atoms. The van der Waals surface area contributed by atoms with Crippen LogP contribution in [0.15, 0.2) is 17.1 Å². The number of hydrogen-bond donors (Lipinski definition) is 2. The summed E-state index contributed by atoms with van der Waals surface area (Å²) in [7, 11) is 0. The summed E-state index contributed by atoms with van der Waals surface area (Å²) in [5, 5.41) is 9.80. The van der Waals surface area contributed by atoms with E-state index in [1.54, 1.807) is 4.90 Å². The molecule has 3 heterocycles. The van der Waals surface area contributed by atoms with Gasteiger partial charge in [0.05, 0.1) is 0 Å². The first kappa shape index (κ1) is 13.0. The van der Waals surface area contributed by atoms with Crippen molar-refractivity contribution in [2.45, 2.75) is 12.8 Å². The molecule has 0 radical (unpaired) electrons. The van der Waals surface area contributed by atoms with E-state index in [9.17, 15) is 14.7 Å². The van der Waals surface area contributed by atoms with Gasteiger partial charge in [-0.15, -0.1) is 0 Å². The number of pyridine rings is 1. The van der Waals surface area contributed by atoms with Gasteiger partial charge in [0.25, 0.3) is 5.91 Å². The standard InChI is InChI=1S/C13H17N3O4/c17-10-1-4-16-11(12(10)18)13(19)15(8-14-16)7-9-2-5-20-6-3-9/h1,4,9,14,18H,2-3,5-8H2. The highest BCUT2D eigenvalue weighted by Gasteiger charge is 2.30. The van der Waals surface area contributed by atoms with Crippen LogP contribution in [0.25, 0.3) is 0 Å². The molecule has 2 aliphatic rings. The van der Waals surface area contributed by atoms with Crippen molar-refractivity contribution in [1.82, 2.24) is 9.58 Å². The topological polar surface area (TPSA) is 83.8 Å². The number of hydrogen-bond acceptors (Lipinski definition) is 5. The van der Waals surface area contributed by atoms with Crippen LogP contribution in [0.4, 0.5) is 0 Å². The Kier molecular flexibility index (Phi) is 3.35. The van der Waals surface area contributed by atoms with Gasteiger partial charge in [-0.25, -0.2) is 0 Å². The summed E-state index contributed by atoms with van der Waals surface area (Å²) in [4.78, 5) is 25.5. The van der Waals surface area contributed by atoms with Crippen molar-refractivity contribution in [3.8, 4) is 5.75 Å². The molecular formula is C13H17N3O4. The summed E-state index contributed by atoms with van der Waals surface area (Å²) in [6.45, 7) is 2.42. The largest absolute Gasteiger partial charge is 0.502 e. The minimum atomic E-state index is -0.542. The quantitative estimate of drug-likeness (QED) is 0.792. The van der Waals surface area contributed by atoms with Crippen molar-refractivity contribution in [2.24, 2.45) is 5.92 Å². The maximum Gasteiger partial charge on any atom is 0.277 e. The first-order valence-corrected chi connectivity index (χ1v) is 6.72. The fourth-order valence-electron chi connectivity index (χ4n) is 2.63. The van der Waals surface area contributed by atoms with Crippen LogP contribution in [0.3, 0.4) is 0 Å². The Morgan fingerprint density at radius 1 is 1.35 bits per heavy atom. The summed E-state index contributed by atoms with van der Waals surface area (Å²) in [6.07, 6.45) is 3.32. The van der Waals surface area contributed by atoms with Gasteiger partial charge in [0.15, 0.2) is 11.4 Å². The molecule has 1 fully saturated rings. The molecule has 0 atom stereocenters. The first-order valence-electron chi connectivity index (χ1n) is 6.72. The monoisotopic (exact) mass is 279 g/mol. The number of fused-ring (bicyclic) bond motifs is 1. The van der Waals surface area contributed by atoms with E-state index in [4.69, 9.17) is 4.74 Å². The third-order valence-electron chi connectivity index (χ3n) is 3.81.